The molecule has 1 atom stereocenters. The van der Waals surface area contributed by atoms with Crippen LogP contribution in [-0.4, -0.2) is 25.9 Å². The highest BCUT2D eigenvalue weighted by atomic mass is 79.9. The van der Waals surface area contributed by atoms with Crippen LogP contribution in [0.1, 0.15) is 10.4 Å². The van der Waals surface area contributed by atoms with Crippen molar-refractivity contribution in [3.05, 3.63) is 68.7 Å². The zero-order valence-electron chi connectivity index (χ0n) is 13.8. The van der Waals surface area contributed by atoms with Gasteiger partial charge in [-0.2, -0.15) is 0 Å². The Kier molecular flexibility index (Phi) is 7.85. The van der Waals surface area contributed by atoms with Gasteiger partial charge in [-0.15, -0.1) is 0 Å². The summed E-state index contributed by atoms with van der Waals surface area (Å²) in [5.41, 5.74) is 0.763. The van der Waals surface area contributed by atoms with Crippen molar-refractivity contribution in [3.8, 4) is 0 Å². The Hall–Kier alpha value is -1.65. The number of hydrogen-bond donors (Lipinski definition) is 3. The lowest BCUT2D eigenvalue weighted by Crippen LogP contribution is -2.56. The molecule has 2 aromatic carbocycles. The quantitative estimate of drug-likeness (QED) is 0.171. The molecule has 0 saturated carbocycles. The van der Waals surface area contributed by atoms with Crippen LogP contribution in [0.5, 0.6) is 0 Å². The third-order valence-electron chi connectivity index (χ3n) is 3.30. The van der Waals surface area contributed by atoms with Crippen LogP contribution >= 0.6 is 63.0 Å². The number of rotatable bonds is 5. The summed E-state index contributed by atoms with van der Waals surface area (Å²) in [5, 5.41) is 18.8. The number of thiocarbonyl (C=S) groups is 1. The van der Waals surface area contributed by atoms with E-state index < -0.39 is 20.8 Å². The molecule has 0 heterocycles. The first-order chi connectivity index (χ1) is 13.1. The minimum absolute atomic E-state index is 0.0414. The predicted molar refractivity (Wildman–Crippen MR) is 118 cm³/mol. The molecule has 0 aliphatic rings. The number of nitro groups is 1. The normalized spacial score (nSPS) is 12.0. The number of nitrogens with one attached hydrogen (secondary N) is 3. The van der Waals surface area contributed by atoms with Crippen molar-refractivity contribution >= 4 is 85.3 Å². The Morgan fingerprint density at radius 2 is 1.79 bits per heavy atom. The van der Waals surface area contributed by atoms with Gasteiger partial charge < -0.3 is 16.0 Å². The summed E-state index contributed by atoms with van der Waals surface area (Å²) in [6, 6.07) is 12.2. The number of non-ortho nitro benzene ring substituents is 1. The number of anilines is 1. The summed E-state index contributed by atoms with van der Waals surface area (Å²) < 4.78 is -1.20. The van der Waals surface area contributed by atoms with E-state index in [4.69, 9.17) is 47.0 Å². The van der Waals surface area contributed by atoms with Gasteiger partial charge in [-0.25, -0.2) is 0 Å². The van der Waals surface area contributed by atoms with E-state index in [9.17, 15) is 14.9 Å². The average molecular weight is 527 g/mol. The van der Waals surface area contributed by atoms with Crippen molar-refractivity contribution in [1.29, 1.82) is 0 Å². The topological polar surface area (TPSA) is 96.3 Å². The van der Waals surface area contributed by atoms with E-state index >= 15 is 0 Å². The standard InChI is InChI=1S/C16H12BrCl3N4O3S/c17-10-3-1-2-9(8-10)13(25)22-14(16(18,19)20)23-15(28)21-11-4-6-12(7-5-11)24(26)27/h1-8,14H,(H,22,25)(H2,21,23,28). The number of carbonyl (C=O) groups excluding carboxylic acids is 1. The molecule has 0 aromatic heterocycles. The molecule has 0 radical (unpaired) electrons. The second-order valence-corrected chi connectivity index (χ2v) is 9.05. The number of alkyl halides is 3. The van der Waals surface area contributed by atoms with Gasteiger partial charge in [0.1, 0.15) is 6.17 Å². The van der Waals surface area contributed by atoms with Gasteiger partial charge >= 0.3 is 0 Å². The molecule has 12 heteroatoms. The Labute approximate surface area is 189 Å². The molecule has 7 nitrogen and oxygen atoms in total. The molecule has 0 bridgehead atoms. The SMILES string of the molecule is O=C(NC(NC(=S)Nc1ccc([N+](=O)[O-])cc1)C(Cl)(Cl)Cl)c1cccc(Br)c1. The Balaban J connectivity index is 2.06. The van der Waals surface area contributed by atoms with Gasteiger partial charge in [-0.05, 0) is 42.5 Å². The van der Waals surface area contributed by atoms with E-state index in [1.807, 2.05) is 0 Å². The van der Waals surface area contributed by atoms with Crippen LogP contribution in [-0.2, 0) is 0 Å². The largest absolute Gasteiger partial charge is 0.339 e. The van der Waals surface area contributed by atoms with Crippen molar-refractivity contribution in [1.82, 2.24) is 10.6 Å². The summed E-state index contributed by atoms with van der Waals surface area (Å²) in [4.78, 5) is 22.6. The van der Waals surface area contributed by atoms with Crippen molar-refractivity contribution < 1.29 is 9.72 Å². The van der Waals surface area contributed by atoms with E-state index in [0.29, 0.717) is 15.7 Å². The molecule has 0 spiro atoms. The maximum Gasteiger partial charge on any atom is 0.269 e. The van der Waals surface area contributed by atoms with Crippen LogP contribution in [0.2, 0.25) is 0 Å². The van der Waals surface area contributed by atoms with Crippen LogP contribution < -0.4 is 16.0 Å². The van der Waals surface area contributed by atoms with E-state index in [-0.39, 0.29) is 10.8 Å². The second-order valence-electron chi connectivity index (χ2n) is 5.36. The second kappa shape index (κ2) is 9.71. The molecule has 1 unspecified atom stereocenters. The van der Waals surface area contributed by atoms with Crippen LogP contribution in [0.15, 0.2) is 53.0 Å². The van der Waals surface area contributed by atoms with Crippen molar-refractivity contribution in [2.24, 2.45) is 0 Å². The monoisotopic (exact) mass is 524 g/mol. The fourth-order valence-electron chi connectivity index (χ4n) is 2.01. The van der Waals surface area contributed by atoms with Gasteiger partial charge in [-0.1, -0.05) is 56.8 Å². The third kappa shape index (κ3) is 6.75. The van der Waals surface area contributed by atoms with Gasteiger partial charge in [0.25, 0.3) is 11.6 Å². The maximum atomic E-state index is 12.4. The molecule has 0 aliphatic heterocycles. The van der Waals surface area contributed by atoms with Crippen molar-refractivity contribution in [2.75, 3.05) is 5.32 Å². The van der Waals surface area contributed by atoms with E-state index in [1.54, 1.807) is 24.3 Å². The average Bonchev–Trinajstić information content (AvgIpc) is 2.60. The number of hydrogen-bond acceptors (Lipinski definition) is 4. The highest BCUT2D eigenvalue weighted by molar-refractivity contribution is 9.10. The molecular formula is C16H12BrCl3N4O3S. The molecule has 3 N–H and O–H groups in total. The first-order valence-electron chi connectivity index (χ1n) is 7.51. The van der Waals surface area contributed by atoms with Crippen LogP contribution in [0.25, 0.3) is 0 Å². The molecule has 0 saturated heterocycles. The zero-order chi connectivity index (χ0) is 20.9. The van der Waals surface area contributed by atoms with Crippen LogP contribution in [0.3, 0.4) is 0 Å². The van der Waals surface area contributed by atoms with Gasteiger partial charge in [-0.3, -0.25) is 14.9 Å². The number of halogens is 4. The van der Waals surface area contributed by atoms with E-state index in [2.05, 4.69) is 31.9 Å². The van der Waals surface area contributed by atoms with Crippen LogP contribution in [0, 0.1) is 10.1 Å². The Morgan fingerprint density at radius 1 is 1.14 bits per heavy atom. The van der Waals surface area contributed by atoms with Gasteiger partial charge in [0.2, 0.25) is 3.79 Å². The lowest BCUT2D eigenvalue weighted by molar-refractivity contribution is -0.384. The lowest BCUT2D eigenvalue weighted by atomic mass is 10.2. The molecule has 2 rings (SSSR count). The fourth-order valence-corrected chi connectivity index (χ4v) is 2.97. The number of amides is 1. The van der Waals surface area contributed by atoms with Gasteiger partial charge in [0, 0.05) is 27.9 Å². The minimum Gasteiger partial charge on any atom is -0.339 e. The Morgan fingerprint density at radius 3 is 2.32 bits per heavy atom. The molecule has 1 amide bonds. The number of benzene rings is 2. The fraction of sp³-hybridized carbons (Fsp3) is 0.125. The summed E-state index contributed by atoms with van der Waals surface area (Å²) in [6.45, 7) is 0. The first kappa shape index (κ1) is 22.6. The van der Waals surface area contributed by atoms with Gasteiger partial charge in [0.15, 0.2) is 5.11 Å². The zero-order valence-corrected chi connectivity index (χ0v) is 18.5. The Bertz CT molecular complexity index is 893. The van der Waals surface area contributed by atoms with Crippen LogP contribution in [0.4, 0.5) is 11.4 Å². The predicted octanol–water partition coefficient (Wildman–Crippen LogP) is 4.77. The van der Waals surface area contributed by atoms with Crippen molar-refractivity contribution in [3.63, 3.8) is 0 Å². The number of nitrogens with zero attached hydrogens (tertiary/aromatic N) is 1. The first-order valence-corrected chi connectivity index (χ1v) is 9.85. The van der Waals surface area contributed by atoms with Crippen molar-refractivity contribution in [2.45, 2.75) is 9.96 Å². The summed E-state index contributed by atoms with van der Waals surface area (Å²) in [7, 11) is 0. The molecule has 2 aromatic rings. The summed E-state index contributed by atoms with van der Waals surface area (Å²) >= 11 is 26.3. The van der Waals surface area contributed by atoms with Gasteiger partial charge in [0.05, 0.1) is 4.92 Å². The smallest absolute Gasteiger partial charge is 0.269 e. The van der Waals surface area contributed by atoms with E-state index in [1.165, 1.54) is 24.3 Å². The molecule has 28 heavy (non-hydrogen) atoms. The lowest BCUT2D eigenvalue weighted by Gasteiger charge is -2.27. The molecule has 0 aliphatic carbocycles. The highest BCUT2D eigenvalue weighted by Crippen LogP contribution is 2.29. The number of nitro benzene ring substituents is 1. The third-order valence-corrected chi connectivity index (χ3v) is 4.67. The minimum atomic E-state index is -1.91. The number of carbonyl (C=O) groups is 1. The van der Waals surface area contributed by atoms with E-state index in [0.717, 1.165) is 0 Å². The molecule has 0 fully saturated rings. The molecular weight excluding hydrogens is 515 g/mol. The summed E-state index contributed by atoms with van der Waals surface area (Å²) in [5.74, 6) is -0.483. The molecule has 148 valence electrons. The highest BCUT2D eigenvalue weighted by Gasteiger charge is 2.35. The summed E-state index contributed by atoms with van der Waals surface area (Å²) in [6.07, 6.45) is -1.15. The maximum absolute atomic E-state index is 12.4.